The second-order valence-corrected chi connectivity index (χ2v) is 7.26. The number of rotatable bonds is 5. The Morgan fingerprint density at radius 2 is 1.68 bits per heavy atom. The van der Waals surface area contributed by atoms with Crippen molar-refractivity contribution in [1.29, 1.82) is 0 Å². The summed E-state index contributed by atoms with van der Waals surface area (Å²) in [5.74, 6) is 1.28. The molecule has 1 saturated heterocycles. The van der Waals surface area contributed by atoms with Crippen molar-refractivity contribution in [3.05, 3.63) is 71.1 Å². The van der Waals surface area contributed by atoms with E-state index < -0.39 is 0 Å². The third-order valence-electron chi connectivity index (χ3n) is 4.84. The molecule has 0 spiro atoms. The molecule has 2 heterocycles. The van der Waals surface area contributed by atoms with Gasteiger partial charge in [0, 0.05) is 36.8 Å². The molecule has 2 aromatic carbocycles. The molecule has 6 nitrogen and oxygen atoms in total. The van der Waals surface area contributed by atoms with Gasteiger partial charge in [0.2, 0.25) is 17.7 Å². The summed E-state index contributed by atoms with van der Waals surface area (Å²) in [5, 5.41) is 8.97. The van der Waals surface area contributed by atoms with E-state index in [-0.39, 0.29) is 5.91 Å². The Bertz CT molecular complexity index is 919. The quantitative estimate of drug-likeness (QED) is 0.662. The maximum Gasteiger partial charge on any atom is 0.247 e. The second kappa shape index (κ2) is 8.54. The zero-order chi connectivity index (χ0) is 19.3. The van der Waals surface area contributed by atoms with Crippen LogP contribution in [0.3, 0.4) is 0 Å². The summed E-state index contributed by atoms with van der Waals surface area (Å²) in [6, 6.07) is 17.2. The van der Waals surface area contributed by atoms with Crippen LogP contribution in [-0.4, -0.2) is 52.1 Å². The SMILES string of the molecule is O=C(Cc1ccc(Cl)cc1)N1CCN(Cc2nnc(-c3ccccc3)o2)CC1. The average Bonchev–Trinajstić information content (AvgIpc) is 3.19. The number of nitrogens with zero attached hydrogens (tertiary/aromatic N) is 4. The predicted octanol–water partition coefficient (Wildman–Crippen LogP) is 3.28. The monoisotopic (exact) mass is 396 g/mol. The molecule has 1 fully saturated rings. The summed E-state index contributed by atoms with van der Waals surface area (Å²) in [5.41, 5.74) is 1.90. The molecule has 0 unspecified atom stereocenters. The summed E-state index contributed by atoms with van der Waals surface area (Å²) >= 11 is 5.90. The van der Waals surface area contributed by atoms with Gasteiger partial charge in [0.15, 0.2) is 0 Å². The van der Waals surface area contributed by atoms with Crippen LogP contribution in [0.1, 0.15) is 11.5 Å². The third kappa shape index (κ3) is 4.58. The lowest BCUT2D eigenvalue weighted by Gasteiger charge is -2.34. The van der Waals surface area contributed by atoms with Crippen molar-refractivity contribution < 1.29 is 9.21 Å². The number of hydrogen-bond donors (Lipinski definition) is 0. The van der Waals surface area contributed by atoms with Crippen LogP contribution in [0.25, 0.3) is 11.5 Å². The van der Waals surface area contributed by atoms with E-state index in [1.165, 1.54) is 0 Å². The van der Waals surface area contributed by atoms with Gasteiger partial charge in [-0.2, -0.15) is 0 Å². The Morgan fingerprint density at radius 3 is 2.39 bits per heavy atom. The van der Waals surface area contributed by atoms with Gasteiger partial charge in [-0.25, -0.2) is 0 Å². The number of amides is 1. The summed E-state index contributed by atoms with van der Waals surface area (Å²) in [6.45, 7) is 3.57. The minimum absolute atomic E-state index is 0.145. The zero-order valence-corrected chi connectivity index (χ0v) is 16.2. The first-order valence-electron chi connectivity index (χ1n) is 9.30. The van der Waals surface area contributed by atoms with E-state index in [4.69, 9.17) is 16.0 Å². The van der Waals surface area contributed by atoms with Crippen molar-refractivity contribution >= 4 is 17.5 Å². The lowest BCUT2D eigenvalue weighted by molar-refractivity contribution is -0.132. The molecule has 7 heteroatoms. The fourth-order valence-corrected chi connectivity index (χ4v) is 3.38. The average molecular weight is 397 g/mol. The first-order chi connectivity index (χ1) is 13.7. The molecule has 0 N–H and O–H groups in total. The first-order valence-corrected chi connectivity index (χ1v) is 9.67. The van der Waals surface area contributed by atoms with E-state index in [1.54, 1.807) is 0 Å². The van der Waals surface area contributed by atoms with Gasteiger partial charge >= 0.3 is 0 Å². The highest BCUT2D eigenvalue weighted by Crippen LogP contribution is 2.18. The van der Waals surface area contributed by atoms with Gasteiger partial charge in [0.1, 0.15) is 0 Å². The topological polar surface area (TPSA) is 62.5 Å². The molecular weight excluding hydrogens is 376 g/mol. The molecule has 1 aliphatic rings. The van der Waals surface area contributed by atoms with Gasteiger partial charge in [-0.1, -0.05) is 41.9 Å². The van der Waals surface area contributed by atoms with E-state index in [0.717, 1.165) is 24.2 Å². The highest BCUT2D eigenvalue weighted by molar-refractivity contribution is 6.30. The fraction of sp³-hybridized carbons (Fsp3) is 0.286. The van der Waals surface area contributed by atoms with Gasteiger partial charge < -0.3 is 9.32 Å². The molecule has 1 aliphatic heterocycles. The molecule has 3 aromatic rings. The molecule has 0 aliphatic carbocycles. The summed E-state index contributed by atoms with van der Waals surface area (Å²) in [6.07, 6.45) is 0.404. The van der Waals surface area contributed by atoms with Crippen molar-refractivity contribution in [2.75, 3.05) is 26.2 Å². The molecule has 4 rings (SSSR count). The van der Waals surface area contributed by atoms with Gasteiger partial charge in [-0.3, -0.25) is 9.69 Å². The second-order valence-electron chi connectivity index (χ2n) is 6.83. The normalized spacial score (nSPS) is 15.0. The van der Waals surface area contributed by atoms with Crippen LogP contribution in [-0.2, 0) is 17.8 Å². The van der Waals surface area contributed by atoms with Crippen molar-refractivity contribution in [1.82, 2.24) is 20.0 Å². The standard InChI is InChI=1S/C21H21ClN4O2/c22-18-8-6-16(7-9-18)14-20(27)26-12-10-25(11-13-26)15-19-23-24-21(28-19)17-4-2-1-3-5-17/h1-9H,10-15H2. The Kier molecular flexibility index (Phi) is 5.69. The first kappa shape index (κ1) is 18.7. The maximum atomic E-state index is 12.5. The predicted molar refractivity (Wildman–Crippen MR) is 107 cm³/mol. The number of carbonyl (C=O) groups is 1. The van der Waals surface area contributed by atoms with Crippen LogP contribution in [0, 0.1) is 0 Å². The van der Waals surface area contributed by atoms with Crippen LogP contribution in [0.2, 0.25) is 5.02 Å². The molecule has 0 radical (unpaired) electrons. The van der Waals surface area contributed by atoms with Crippen molar-refractivity contribution in [2.45, 2.75) is 13.0 Å². The van der Waals surface area contributed by atoms with Crippen molar-refractivity contribution in [2.24, 2.45) is 0 Å². The van der Waals surface area contributed by atoms with Gasteiger partial charge in [-0.05, 0) is 29.8 Å². The number of benzene rings is 2. The molecule has 144 valence electrons. The maximum absolute atomic E-state index is 12.5. The van der Waals surface area contributed by atoms with E-state index in [9.17, 15) is 4.79 Å². The highest BCUT2D eigenvalue weighted by Gasteiger charge is 2.22. The lowest BCUT2D eigenvalue weighted by Crippen LogP contribution is -2.48. The highest BCUT2D eigenvalue weighted by atomic mass is 35.5. The summed E-state index contributed by atoms with van der Waals surface area (Å²) < 4.78 is 5.78. The van der Waals surface area contributed by atoms with E-state index >= 15 is 0 Å². The minimum Gasteiger partial charge on any atom is -0.419 e. The summed E-state index contributed by atoms with van der Waals surface area (Å²) in [4.78, 5) is 16.7. The fourth-order valence-electron chi connectivity index (χ4n) is 3.25. The Hall–Kier alpha value is -2.70. The van der Waals surface area contributed by atoms with Crippen molar-refractivity contribution in [3.8, 4) is 11.5 Å². The van der Waals surface area contributed by atoms with Crippen LogP contribution < -0.4 is 0 Å². The Morgan fingerprint density at radius 1 is 0.964 bits per heavy atom. The van der Waals surface area contributed by atoms with Crippen LogP contribution in [0.4, 0.5) is 0 Å². The smallest absolute Gasteiger partial charge is 0.247 e. The lowest BCUT2D eigenvalue weighted by atomic mass is 10.1. The van der Waals surface area contributed by atoms with Crippen LogP contribution in [0.5, 0.6) is 0 Å². The van der Waals surface area contributed by atoms with Crippen LogP contribution >= 0.6 is 11.6 Å². The Balaban J connectivity index is 1.28. The number of piperazine rings is 1. The van der Waals surface area contributed by atoms with E-state index in [2.05, 4.69) is 15.1 Å². The van der Waals surface area contributed by atoms with Crippen LogP contribution in [0.15, 0.2) is 59.0 Å². The van der Waals surface area contributed by atoms with E-state index in [0.29, 0.717) is 42.9 Å². The largest absolute Gasteiger partial charge is 0.419 e. The van der Waals surface area contributed by atoms with Gasteiger partial charge in [-0.15, -0.1) is 10.2 Å². The number of hydrogen-bond acceptors (Lipinski definition) is 5. The van der Waals surface area contributed by atoms with Crippen molar-refractivity contribution in [3.63, 3.8) is 0 Å². The van der Waals surface area contributed by atoms with Gasteiger partial charge in [0.05, 0.1) is 13.0 Å². The summed E-state index contributed by atoms with van der Waals surface area (Å²) in [7, 11) is 0. The number of carbonyl (C=O) groups excluding carboxylic acids is 1. The van der Waals surface area contributed by atoms with E-state index in [1.807, 2.05) is 59.5 Å². The molecular formula is C21H21ClN4O2. The number of halogens is 1. The molecule has 0 bridgehead atoms. The molecule has 28 heavy (non-hydrogen) atoms. The third-order valence-corrected chi connectivity index (χ3v) is 5.09. The molecule has 1 amide bonds. The van der Waals surface area contributed by atoms with Gasteiger partial charge in [0.25, 0.3) is 0 Å². The Labute approximate surface area is 168 Å². The minimum atomic E-state index is 0.145. The molecule has 1 aromatic heterocycles. The zero-order valence-electron chi connectivity index (χ0n) is 15.4. The molecule has 0 atom stereocenters. The molecule has 0 saturated carbocycles. The number of aromatic nitrogens is 2.